The molecule has 0 spiro atoms. The molecule has 55 heavy (non-hydrogen) atoms. The minimum absolute atomic E-state index is 0.0350. The van der Waals surface area contributed by atoms with E-state index in [0.717, 1.165) is 83.5 Å². The fourth-order valence-corrected chi connectivity index (χ4v) is 6.63. The van der Waals surface area contributed by atoms with Gasteiger partial charge in [0, 0.05) is 12.8 Å². The standard InChI is InChI=1S/C48H86N2O5/c1-3-5-7-9-11-13-15-16-17-18-19-20-21-23-25-27-32-36-42-47(52)55-44(38-33-29-26-24-22-14-12-10-8-6-4-2)39-34-30-28-31-35-41-46(51)50-45(48(53)54)40-37-43-49/h12-15,17-18,24,26,44-45H,3-11,16,19-23,25,27-43,49H2,1-2H3,(H,50,51)(H,53,54)/b14-12-,15-13-,18-17-,26-24-. The zero-order valence-electron chi connectivity index (χ0n) is 35.8. The van der Waals surface area contributed by atoms with Gasteiger partial charge in [0.2, 0.25) is 5.91 Å². The first-order valence-corrected chi connectivity index (χ1v) is 23.0. The number of rotatable bonds is 41. The van der Waals surface area contributed by atoms with E-state index in [4.69, 9.17) is 10.5 Å². The van der Waals surface area contributed by atoms with Crippen molar-refractivity contribution >= 4 is 17.8 Å². The van der Waals surface area contributed by atoms with Gasteiger partial charge < -0.3 is 20.9 Å². The van der Waals surface area contributed by atoms with Crippen molar-refractivity contribution in [3.63, 3.8) is 0 Å². The van der Waals surface area contributed by atoms with Gasteiger partial charge in [0.1, 0.15) is 12.1 Å². The van der Waals surface area contributed by atoms with Crippen molar-refractivity contribution in [3.8, 4) is 0 Å². The Morgan fingerprint density at radius 3 is 1.51 bits per heavy atom. The summed E-state index contributed by atoms with van der Waals surface area (Å²) < 4.78 is 6.03. The third-order valence-corrected chi connectivity index (χ3v) is 10.1. The number of allylic oxidation sites excluding steroid dienone is 8. The van der Waals surface area contributed by atoms with E-state index in [9.17, 15) is 19.5 Å². The molecule has 0 aromatic heterocycles. The number of ether oxygens (including phenoxy) is 1. The molecule has 0 rings (SSSR count). The van der Waals surface area contributed by atoms with Crippen LogP contribution in [0.3, 0.4) is 0 Å². The van der Waals surface area contributed by atoms with E-state index in [2.05, 4.69) is 67.8 Å². The number of aliphatic carboxylic acids is 1. The van der Waals surface area contributed by atoms with Crippen molar-refractivity contribution in [2.75, 3.05) is 6.54 Å². The fraction of sp³-hybridized carbons (Fsp3) is 0.771. The molecule has 7 heteroatoms. The molecule has 0 bridgehead atoms. The molecule has 0 aromatic rings. The van der Waals surface area contributed by atoms with E-state index in [0.29, 0.717) is 32.2 Å². The molecule has 7 nitrogen and oxygen atoms in total. The van der Waals surface area contributed by atoms with E-state index in [1.165, 1.54) is 96.3 Å². The highest BCUT2D eigenvalue weighted by atomic mass is 16.5. The van der Waals surface area contributed by atoms with Crippen LogP contribution in [0, 0.1) is 0 Å². The van der Waals surface area contributed by atoms with Gasteiger partial charge in [-0.25, -0.2) is 4.79 Å². The molecule has 0 aliphatic rings. The Morgan fingerprint density at radius 2 is 0.964 bits per heavy atom. The quantitative estimate of drug-likeness (QED) is 0.0324. The Labute approximate surface area is 338 Å². The van der Waals surface area contributed by atoms with Crippen LogP contribution in [0.5, 0.6) is 0 Å². The number of unbranched alkanes of at least 4 members (excludes halogenated alkanes) is 19. The molecule has 0 saturated carbocycles. The van der Waals surface area contributed by atoms with Crippen LogP contribution < -0.4 is 11.1 Å². The number of hydrogen-bond donors (Lipinski definition) is 3. The summed E-state index contributed by atoms with van der Waals surface area (Å²) in [6.07, 6.45) is 51.6. The van der Waals surface area contributed by atoms with Crippen molar-refractivity contribution in [1.82, 2.24) is 5.32 Å². The number of carboxylic acid groups (broad SMARTS) is 1. The van der Waals surface area contributed by atoms with Crippen LogP contribution in [0.4, 0.5) is 0 Å². The van der Waals surface area contributed by atoms with Crippen LogP contribution in [0.15, 0.2) is 48.6 Å². The number of amides is 1. The van der Waals surface area contributed by atoms with E-state index in [1.807, 2.05) is 0 Å². The Morgan fingerprint density at radius 1 is 0.527 bits per heavy atom. The molecule has 0 saturated heterocycles. The first kappa shape index (κ1) is 52.3. The molecular weight excluding hydrogens is 685 g/mol. The maximum absolute atomic E-state index is 12.8. The summed E-state index contributed by atoms with van der Waals surface area (Å²) in [6, 6.07) is -0.862. The molecule has 318 valence electrons. The number of nitrogens with one attached hydrogen (secondary N) is 1. The van der Waals surface area contributed by atoms with Crippen molar-refractivity contribution in [3.05, 3.63) is 48.6 Å². The van der Waals surface area contributed by atoms with Gasteiger partial charge in [-0.1, -0.05) is 146 Å². The molecule has 0 radical (unpaired) electrons. The third-order valence-electron chi connectivity index (χ3n) is 10.1. The minimum atomic E-state index is -1.01. The van der Waals surface area contributed by atoms with Crippen LogP contribution >= 0.6 is 0 Å². The highest BCUT2D eigenvalue weighted by molar-refractivity contribution is 5.83. The lowest BCUT2D eigenvalue weighted by Crippen LogP contribution is -2.40. The highest BCUT2D eigenvalue weighted by Crippen LogP contribution is 2.18. The SMILES string of the molecule is CCCCC/C=C\C/C=C\CCCC(CCCCCCCC(=O)NC(CCCN)C(=O)O)OC(=O)CCCCCCCCC/C=C\C/C=C\CCCCCC. The summed E-state index contributed by atoms with van der Waals surface area (Å²) in [5, 5.41) is 11.9. The van der Waals surface area contributed by atoms with Crippen LogP contribution in [0.2, 0.25) is 0 Å². The molecular formula is C48H86N2O5. The molecule has 0 fully saturated rings. The van der Waals surface area contributed by atoms with E-state index >= 15 is 0 Å². The predicted octanol–water partition coefficient (Wildman–Crippen LogP) is 13.2. The first-order valence-electron chi connectivity index (χ1n) is 23.0. The number of nitrogens with two attached hydrogens (primary N) is 1. The molecule has 2 atom stereocenters. The van der Waals surface area contributed by atoms with E-state index in [1.54, 1.807) is 0 Å². The second-order valence-corrected chi connectivity index (χ2v) is 15.5. The molecule has 0 aliphatic heterocycles. The fourth-order valence-electron chi connectivity index (χ4n) is 6.63. The van der Waals surface area contributed by atoms with Crippen molar-refractivity contribution < 1.29 is 24.2 Å². The lowest BCUT2D eigenvalue weighted by atomic mass is 10.0. The molecule has 4 N–H and O–H groups in total. The summed E-state index contributed by atoms with van der Waals surface area (Å²) in [6.45, 7) is 4.90. The van der Waals surface area contributed by atoms with Gasteiger partial charge in [0.15, 0.2) is 0 Å². The summed E-state index contributed by atoms with van der Waals surface area (Å²) in [4.78, 5) is 36.4. The topological polar surface area (TPSA) is 119 Å². The summed E-state index contributed by atoms with van der Waals surface area (Å²) in [5.74, 6) is -1.27. The normalized spacial score (nSPS) is 13.1. The van der Waals surface area contributed by atoms with E-state index in [-0.39, 0.29) is 18.0 Å². The number of carbonyl (C=O) groups excluding carboxylic acids is 2. The number of carboxylic acids is 1. The van der Waals surface area contributed by atoms with Crippen LogP contribution in [-0.2, 0) is 19.1 Å². The van der Waals surface area contributed by atoms with Crippen LogP contribution in [-0.4, -0.2) is 41.6 Å². The van der Waals surface area contributed by atoms with Crippen molar-refractivity contribution in [2.24, 2.45) is 5.73 Å². The molecule has 0 aliphatic carbocycles. The Bertz CT molecular complexity index is 1000. The largest absolute Gasteiger partial charge is 0.480 e. The monoisotopic (exact) mass is 771 g/mol. The van der Waals surface area contributed by atoms with Gasteiger partial charge in [0.05, 0.1) is 0 Å². The Balaban J connectivity index is 4.33. The molecule has 0 aromatic carbocycles. The minimum Gasteiger partial charge on any atom is -0.480 e. The first-order chi connectivity index (χ1) is 26.9. The van der Waals surface area contributed by atoms with Crippen molar-refractivity contribution in [1.29, 1.82) is 0 Å². The van der Waals surface area contributed by atoms with Gasteiger partial charge in [0.25, 0.3) is 0 Å². The zero-order chi connectivity index (χ0) is 40.3. The highest BCUT2D eigenvalue weighted by Gasteiger charge is 2.19. The van der Waals surface area contributed by atoms with E-state index < -0.39 is 12.0 Å². The van der Waals surface area contributed by atoms with Gasteiger partial charge in [-0.3, -0.25) is 9.59 Å². The van der Waals surface area contributed by atoms with Gasteiger partial charge in [-0.05, 0) is 116 Å². The summed E-state index contributed by atoms with van der Waals surface area (Å²) in [7, 11) is 0. The Kier molecular flexibility index (Phi) is 40.4. The second-order valence-electron chi connectivity index (χ2n) is 15.5. The average molecular weight is 771 g/mol. The second kappa shape index (κ2) is 42.5. The maximum Gasteiger partial charge on any atom is 0.326 e. The lowest BCUT2D eigenvalue weighted by molar-refractivity contribution is -0.150. The number of esters is 1. The van der Waals surface area contributed by atoms with Crippen LogP contribution in [0.25, 0.3) is 0 Å². The molecule has 0 heterocycles. The molecule has 2 unspecified atom stereocenters. The van der Waals surface area contributed by atoms with Crippen LogP contribution in [0.1, 0.15) is 219 Å². The van der Waals surface area contributed by atoms with Crippen molar-refractivity contribution in [2.45, 2.75) is 231 Å². The van der Waals surface area contributed by atoms with Gasteiger partial charge in [-0.15, -0.1) is 0 Å². The zero-order valence-corrected chi connectivity index (χ0v) is 35.8. The lowest BCUT2D eigenvalue weighted by Gasteiger charge is -2.18. The predicted molar refractivity (Wildman–Crippen MR) is 234 cm³/mol. The number of carbonyl (C=O) groups is 3. The average Bonchev–Trinajstić information content (AvgIpc) is 3.17. The Hall–Kier alpha value is -2.67. The third kappa shape index (κ3) is 39.4. The maximum atomic E-state index is 12.8. The van der Waals surface area contributed by atoms with Gasteiger partial charge in [-0.2, -0.15) is 0 Å². The molecule has 1 amide bonds. The smallest absolute Gasteiger partial charge is 0.326 e. The number of hydrogen-bond acceptors (Lipinski definition) is 5. The summed E-state index contributed by atoms with van der Waals surface area (Å²) >= 11 is 0. The van der Waals surface area contributed by atoms with Gasteiger partial charge >= 0.3 is 11.9 Å². The summed E-state index contributed by atoms with van der Waals surface area (Å²) in [5.41, 5.74) is 5.49.